The first-order chi connectivity index (χ1) is 6.58. The summed E-state index contributed by atoms with van der Waals surface area (Å²) in [6.45, 7) is 7.71. The largest absolute Gasteiger partial charge is 1.00 e. The van der Waals surface area contributed by atoms with Crippen LogP contribution in [0.25, 0.3) is 0 Å². The summed E-state index contributed by atoms with van der Waals surface area (Å²) in [5.41, 5.74) is 0. The number of carbonyl (C=O) groups is 1. The SMILES string of the molecule is CCOP(OCC)OCC.O=C([O-])[O-].[K+].[K+]. The van der Waals surface area contributed by atoms with E-state index in [1.807, 2.05) is 20.8 Å². The van der Waals surface area contributed by atoms with Crippen LogP contribution in [0.2, 0.25) is 0 Å². The Kier molecular flexibility index (Phi) is 39.1. The Morgan fingerprint density at radius 3 is 1.25 bits per heavy atom. The third-order valence-electron chi connectivity index (χ3n) is 0.704. The molecule has 0 amide bonds. The van der Waals surface area contributed by atoms with E-state index < -0.39 is 14.8 Å². The van der Waals surface area contributed by atoms with Gasteiger partial charge in [0.05, 0.1) is 19.8 Å². The molecule has 0 aliphatic heterocycles. The molecule has 0 N–H and O–H groups in total. The molecule has 6 nitrogen and oxygen atoms in total. The fourth-order valence-corrected chi connectivity index (χ4v) is 1.28. The van der Waals surface area contributed by atoms with Crippen molar-refractivity contribution < 1.29 is 131 Å². The maximum atomic E-state index is 8.33. The van der Waals surface area contributed by atoms with Crippen molar-refractivity contribution in [2.75, 3.05) is 19.8 Å². The van der Waals surface area contributed by atoms with E-state index in [0.29, 0.717) is 19.8 Å². The number of hydrogen-bond donors (Lipinski definition) is 0. The third kappa shape index (κ3) is 30.1. The molecule has 0 fully saturated rings. The van der Waals surface area contributed by atoms with E-state index in [9.17, 15) is 0 Å². The monoisotopic (exact) mass is 304 g/mol. The Morgan fingerprint density at radius 1 is 0.938 bits per heavy atom. The van der Waals surface area contributed by atoms with Crippen molar-refractivity contribution in [3.05, 3.63) is 0 Å². The molecule has 0 rings (SSSR count). The molecule has 0 atom stereocenters. The smallest absolute Gasteiger partial charge is 0.652 e. The molecule has 0 bridgehead atoms. The van der Waals surface area contributed by atoms with Gasteiger partial charge in [-0.3, -0.25) is 0 Å². The van der Waals surface area contributed by atoms with Gasteiger partial charge in [-0.2, -0.15) is 0 Å². The van der Waals surface area contributed by atoms with Crippen LogP contribution in [0, 0.1) is 0 Å². The minimum absolute atomic E-state index is 0. The van der Waals surface area contributed by atoms with Crippen LogP contribution in [-0.4, -0.2) is 26.0 Å². The van der Waals surface area contributed by atoms with Gasteiger partial charge in [-0.05, 0) is 26.9 Å². The van der Waals surface area contributed by atoms with Gasteiger partial charge in [-0.1, -0.05) is 0 Å². The van der Waals surface area contributed by atoms with E-state index >= 15 is 0 Å². The van der Waals surface area contributed by atoms with E-state index in [1.165, 1.54) is 0 Å². The number of carboxylic acid groups (broad SMARTS) is 2. The Balaban J connectivity index is -0.000000105. The fourth-order valence-electron chi connectivity index (χ4n) is 0.428. The summed E-state index contributed by atoms with van der Waals surface area (Å²) in [6.07, 6.45) is -2.33. The van der Waals surface area contributed by atoms with Crippen LogP contribution in [0.3, 0.4) is 0 Å². The van der Waals surface area contributed by atoms with Crippen LogP contribution in [0.1, 0.15) is 20.8 Å². The molecular weight excluding hydrogens is 289 g/mol. The molecule has 0 unspecified atom stereocenters. The predicted octanol–water partition coefficient (Wildman–Crippen LogP) is -6.12. The van der Waals surface area contributed by atoms with Gasteiger partial charge in [0.2, 0.25) is 0 Å². The van der Waals surface area contributed by atoms with Crippen LogP contribution in [-0.2, 0) is 13.6 Å². The first kappa shape index (κ1) is 27.2. The summed E-state index contributed by atoms with van der Waals surface area (Å²) in [4.78, 5) is 8.33. The van der Waals surface area contributed by atoms with Gasteiger partial charge in [0.15, 0.2) is 0 Å². The van der Waals surface area contributed by atoms with Gasteiger partial charge in [0, 0.05) is 0 Å². The van der Waals surface area contributed by atoms with Crippen molar-refractivity contribution in [3.8, 4) is 0 Å². The van der Waals surface area contributed by atoms with Gasteiger partial charge < -0.3 is 28.6 Å². The molecule has 9 heteroatoms. The third-order valence-corrected chi connectivity index (χ3v) is 2.11. The topological polar surface area (TPSA) is 90.9 Å². The Hall–Kier alpha value is 2.85. The summed E-state index contributed by atoms with van der Waals surface area (Å²) in [7, 11) is -1.06. The van der Waals surface area contributed by atoms with Crippen molar-refractivity contribution in [1.29, 1.82) is 0 Å². The molecule has 16 heavy (non-hydrogen) atoms. The normalized spacial score (nSPS) is 8.25. The predicted molar refractivity (Wildman–Crippen MR) is 47.2 cm³/mol. The molecule has 0 saturated heterocycles. The molecule has 0 radical (unpaired) electrons. The average Bonchev–Trinajstić information content (AvgIpc) is 2.04. The second-order valence-electron chi connectivity index (χ2n) is 1.73. The van der Waals surface area contributed by atoms with Gasteiger partial charge >= 0.3 is 111 Å². The number of rotatable bonds is 6. The van der Waals surface area contributed by atoms with E-state index in [-0.39, 0.29) is 103 Å². The van der Waals surface area contributed by atoms with Crippen molar-refractivity contribution in [2.45, 2.75) is 20.8 Å². The van der Waals surface area contributed by atoms with E-state index in [1.54, 1.807) is 0 Å². The van der Waals surface area contributed by atoms with Crippen molar-refractivity contribution in [3.63, 3.8) is 0 Å². The summed E-state index contributed by atoms with van der Waals surface area (Å²) in [6, 6.07) is 0. The summed E-state index contributed by atoms with van der Waals surface area (Å²) >= 11 is 0. The quantitative estimate of drug-likeness (QED) is 0.358. The molecule has 0 spiro atoms. The van der Waals surface area contributed by atoms with Gasteiger partial charge in [-0.25, -0.2) is 0 Å². The molecule has 0 aliphatic carbocycles. The minimum Gasteiger partial charge on any atom is -0.652 e. The van der Waals surface area contributed by atoms with Crippen molar-refractivity contribution >= 4 is 14.8 Å². The first-order valence-corrected chi connectivity index (χ1v) is 5.24. The van der Waals surface area contributed by atoms with Crippen LogP contribution in [0.5, 0.6) is 0 Å². The molecule has 0 saturated carbocycles. The second-order valence-corrected chi connectivity index (χ2v) is 2.95. The molecule has 86 valence electrons. The summed E-state index contributed by atoms with van der Waals surface area (Å²) in [5, 5.41) is 16.7. The van der Waals surface area contributed by atoms with Crippen LogP contribution < -0.4 is 113 Å². The fraction of sp³-hybridized carbons (Fsp3) is 0.857. The Morgan fingerprint density at radius 2 is 1.12 bits per heavy atom. The standard InChI is InChI=1S/C6H15O3P.CH2O3.2K/c1-4-7-10(8-5-2)9-6-3;2-1(3)4;;/h4-6H2,1-3H3;(H2,2,3,4);;/q;;2*+1/p-2. The number of hydrogen-bond acceptors (Lipinski definition) is 6. The van der Waals surface area contributed by atoms with Crippen molar-refractivity contribution in [1.82, 2.24) is 0 Å². The summed E-state index contributed by atoms with van der Waals surface area (Å²) in [5.74, 6) is 0. The summed E-state index contributed by atoms with van der Waals surface area (Å²) < 4.78 is 15.4. The maximum Gasteiger partial charge on any atom is 1.00 e. The zero-order chi connectivity index (χ0) is 11.4. The zero-order valence-electron chi connectivity index (χ0n) is 10.5. The molecule has 0 aliphatic rings. The van der Waals surface area contributed by atoms with Crippen LogP contribution in [0.15, 0.2) is 0 Å². The minimum atomic E-state index is -2.33. The van der Waals surface area contributed by atoms with Gasteiger partial charge in [0.1, 0.15) is 0 Å². The number of carbonyl (C=O) groups excluding carboxylic acids is 1. The first-order valence-electron chi connectivity index (χ1n) is 4.15. The van der Waals surface area contributed by atoms with E-state index in [4.69, 9.17) is 28.6 Å². The molecule has 0 heterocycles. The molecular formula is C7H15K2O6P. The van der Waals surface area contributed by atoms with Crippen molar-refractivity contribution in [2.24, 2.45) is 0 Å². The van der Waals surface area contributed by atoms with E-state index in [2.05, 4.69) is 0 Å². The maximum absolute atomic E-state index is 8.33. The molecule has 0 aromatic carbocycles. The average molecular weight is 304 g/mol. The van der Waals surface area contributed by atoms with Gasteiger partial charge in [0.25, 0.3) is 0 Å². The molecule has 0 aromatic rings. The Labute approximate surface area is 183 Å². The second kappa shape index (κ2) is 23.0. The van der Waals surface area contributed by atoms with E-state index in [0.717, 1.165) is 0 Å². The van der Waals surface area contributed by atoms with Crippen LogP contribution in [0.4, 0.5) is 4.79 Å². The van der Waals surface area contributed by atoms with Crippen LogP contribution >= 0.6 is 8.60 Å². The molecule has 0 aromatic heterocycles. The Bertz CT molecular complexity index is 122. The van der Waals surface area contributed by atoms with Gasteiger partial charge in [-0.15, -0.1) is 0 Å². The zero-order valence-corrected chi connectivity index (χ0v) is 17.7.